The van der Waals surface area contributed by atoms with E-state index in [9.17, 15) is 0 Å². The summed E-state index contributed by atoms with van der Waals surface area (Å²) >= 11 is 6.32. The van der Waals surface area contributed by atoms with Crippen molar-refractivity contribution in [3.8, 4) is 5.75 Å². The number of rotatable bonds is 4. The Hall–Kier alpha value is -0.890. The van der Waals surface area contributed by atoms with Crippen LogP contribution >= 0.6 is 11.6 Å². The number of halogens is 1. The van der Waals surface area contributed by atoms with Crippen molar-refractivity contribution in [1.82, 2.24) is 0 Å². The summed E-state index contributed by atoms with van der Waals surface area (Å²) in [6.45, 7) is 6.99. The van der Waals surface area contributed by atoms with E-state index < -0.39 is 0 Å². The largest absolute Gasteiger partial charge is 0.497 e. The summed E-state index contributed by atoms with van der Waals surface area (Å²) in [7, 11) is 1.69. The second-order valence-corrected chi connectivity index (χ2v) is 6.83. The van der Waals surface area contributed by atoms with Crippen molar-refractivity contribution in [2.45, 2.75) is 46.1 Å². The lowest BCUT2D eigenvalue weighted by atomic mass is 9.74. The topological polar surface area (TPSA) is 21.3 Å². The number of ether oxygens (including phenoxy) is 1. The zero-order valence-electron chi connectivity index (χ0n) is 12.9. The number of benzene rings is 1. The van der Waals surface area contributed by atoms with E-state index in [4.69, 9.17) is 16.3 Å². The second-order valence-electron chi connectivity index (χ2n) is 6.42. The monoisotopic (exact) mass is 295 g/mol. The fraction of sp³-hybridized carbons (Fsp3) is 0.647. The van der Waals surface area contributed by atoms with Crippen LogP contribution in [0.4, 0.5) is 5.69 Å². The van der Waals surface area contributed by atoms with Gasteiger partial charge in [-0.2, -0.15) is 0 Å². The summed E-state index contributed by atoms with van der Waals surface area (Å²) in [5, 5.41) is 4.44. The van der Waals surface area contributed by atoms with E-state index in [0.717, 1.165) is 22.4 Å². The van der Waals surface area contributed by atoms with E-state index in [1.807, 2.05) is 18.2 Å². The first-order valence-electron chi connectivity index (χ1n) is 7.61. The van der Waals surface area contributed by atoms with Gasteiger partial charge in [-0.1, -0.05) is 38.8 Å². The van der Waals surface area contributed by atoms with Crippen molar-refractivity contribution in [2.24, 2.45) is 17.8 Å². The molecule has 0 aliphatic heterocycles. The zero-order valence-corrected chi connectivity index (χ0v) is 13.7. The highest BCUT2D eigenvalue weighted by Crippen LogP contribution is 2.37. The molecule has 1 aromatic carbocycles. The van der Waals surface area contributed by atoms with E-state index in [1.54, 1.807) is 7.11 Å². The third-order valence-electron chi connectivity index (χ3n) is 4.54. The lowest BCUT2D eigenvalue weighted by Gasteiger charge is -2.38. The highest BCUT2D eigenvalue weighted by molar-refractivity contribution is 6.33. The van der Waals surface area contributed by atoms with Crippen LogP contribution in [0.1, 0.15) is 40.0 Å². The van der Waals surface area contributed by atoms with Crippen LogP contribution in [0.3, 0.4) is 0 Å². The summed E-state index contributed by atoms with van der Waals surface area (Å²) in [6, 6.07) is 6.30. The Balaban J connectivity index is 2.17. The maximum Gasteiger partial charge on any atom is 0.121 e. The first kappa shape index (κ1) is 15.5. The minimum absolute atomic E-state index is 0.503. The molecule has 0 saturated heterocycles. The summed E-state index contributed by atoms with van der Waals surface area (Å²) in [4.78, 5) is 0. The Morgan fingerprint density at radius 3 is 2.70 bits per heavy atom. The molecule has 1 aliphatic carbocycles. The number of methoxy groups -OCH3 is 1. The van der Waals surface area contributed by atoms with Crippen LogP contribution in [0.5, 0.6) is 5.75 Å². The molecule has 0 aromatic heterocycles. The van der Waals surface area contributed by atoms with Crippen LogP contribution in [0, 0.1) is 17.8 Å². The Bertz CT molecular complexity index is 447. The number of anilines is 1. The Labute approximate surface area is 127 Å². The normalized spacial score (nSPS) is 26.6. The third kappa shape index (κ3) is 3.60. The van der Waals surface area contributed by atoms with Gasteiger partial charge in [0.2, 0.25) is 0 Å². The predicted octanol–water partition coefficient (Wildman–Crippen LogP) is 5.22. The summed E-state index contributed by atoms with van der Waals surface area (Å²) in [6.07, 6.45) is 3.86. The predicted molar refractivity (Wildman–Crippen MR) is 86.8 cm³/mol. The fourth-order valence-corrected chi connectivity index (χ4v) is 3.48. The molecule has 1 aromatic rings. The maximum absolute atomic E-state index is 6.32. The van der Waals surface area contributed by atoms with E-state index in [1.165, 1.54) is 19.3 Å². The summed E-state index contributed by atoms with van der Waals surface area (Å²) in [5.41, 5.74) is 0.996. The van der Waals surface area contributed by atoms with Crippen LogP contribution in [0.2, 0.25) is 5.02 Å². The first-order valence-corrected chi connectivity index (χ1v) is 7.99. The molecule has 1 saturated carbocycles. The van der Waals surface area contributed by atoms with E-state index >= 15 is 0 Å². The van der Waals surface area contributed by atoms with Crippen LogP contribution in [-0.4, -0.2) is 13.2 Å². The molecule has 0 bridgehead atoms. The molecule has 0 amide bonds. The lowest BCUT2D eigenvalue weighted by molar-refractivity contribution is 0.212. The minimum Gasteiger partial charge on any atom is -0.497 e. The Kier molecular flexibility index (Phi) is 5.20. The molecule has 3 atom stereocenters. The molecular formula is C17H26ClNO. The van der Waals surface area contributed by atoms with Gasteiger partial charge in [0, 0.05) is 12.1 Å². The Morgan fingerprint density at radius 1 is 1.30 bits per heavy atom. The average molecular weight is 296 g/mol. The van der Waals surface area contributed by atoms with E-state index in [0.29, 0.717) is 17.9 Å². The molecule has 20 heavy (non-hydrogen) atoms. The molecule has 2 nitrogen and oxygen atoms in total. The van der Waals surface area contributed by atoms with Gasteiger partial charge >= 0.3 is 0 Å². The van der Waals surface area contributed by atoms with Crippen LogP contribution in [0.25, 0.3) is 0 Å². The standard InChI is InChI=1S/C17H26ClNO/c1-11(2)14-7-5-12(3)9-16(14)19-17-10-13(20-4)6-8-15(17)18/h6,8,10-12,14,16,19H,5,7,9H2,1-4H3. The van der Waals surface area contributed by atoms with Crippen LogP contribution in [-0.2, 0) is 0 Å². The van der Waals surface area contributed by atoms with Gasteiger partial charge in [0.1, 0.15) is 5.75 Å². The van der Waals surface area contributed by atoms with E-state index in [2.05, 4.69) is 26.1 Å². The lowest BCUT2D eigenvalue weighted by Crippen LogP contribution is -2.37. The molecule has 1 aliphatic rings. The minimum atomic E-state index is 0.503. The SMILES string of the molecule is COc1ccc(Cl)c(NC2CC(C)CCC2C(C)C)c1. The molecule has 0 spiro atoms. The number of hydrogen-bond donors (Lipinski definition) is 1. The molecule has 3 heteroatoms. The molecule has 3 unspecified atom stereocenters. The summed E-state index contributed by atoms with van der Waals surface area (Å²) in [5.74, 6) is 3.05. The quantitative estimate of drug-likeness (QED) is 0.822. The van der Waals surface area contributed by atoms with Gasteiger partial charge in [-0.05, 0) is 42.7 Å². The number of hydrogen-bond acceptors (Lipinski definition) is 2. The van der Waals surface area contributed by atoms with Gasteiger partial charge < -0.3 is 10.1 Å². The van der Waals surface area contributed by atoms with Crippen molar-refractivity contribution in [3.05, 3.63) is 23.2 Å². The van der Waals surface area contributed by atoms with Gasteiger partial charge in [0.25, 0.3) is 0 Å². The van der Waals surface area contributed by atoms with Crippen molar-refractivity contribution < 1.29 is 4.74 Å². The molecular weight excluding hydrogens is 270 g/mol. The molecule has 2 rings (SSSR count). The van der Waals surface area contributed by atoms with Gasteiger partial charge in [-0.15, -0.1) is 0 Å². The van der Waals surface area contributed by atoms with Crippen LogP contribution in [0.15, 0.2) is 18.2 Å². The first-order chi connectivity index (χ1) is 9.51. The average Bonchev–Trinajstić information content (AvgIpc) is 2.41. The van der Waals surface area contributed by atoms with Crippen molar-refractivity contribution in [2.75, 3.05) is 12.4 Å². The van der Waals surface area contributed by atoms with Gasteiger partial charge in [-0.25, -0.2) is 0 Å². The smallest absolute Gasteiger partial charge is 0.121 e. The van der Waals surface area contributed by atoms with Crippen molar-refractivity contribution >= 4 is 17.3 Å². The molecule has 1 N–H and O–H groups in total. The highest BCUT2D eigenvalue weighted by Gasteiger charge is 2.30. The molecule has 0 heterocycles. The summed E-state index contributed by atoms with van der Waals surface area (Å²) < 4.78 is 5.30. The van der Waals surface area contributed by atoms with Crippen molar-refractivity contribution in [1.29, 1.82) is 0 Å². The second kappa shape index (κ2) is 6.71. The molecule has 1 fully saturated rings. The van der Waals surface area contributed by atoms with Crippen molar-refractivity contribution in [3.63, 3.8) is 0 Å². The third-order valence-corrected chi connectivity index (χ3v) is 4.87. The van der Waals surface area contributed by atoms with Gasteiger partial charge in [0.05, 0.1) is 17.8 Å². The number of nitrogens with one attached hydrogen (secondary N) is 1. The van der Waals surface area contributed by atoms with Gasteiger partial charge in [0.15, 0.2) is 0 Å². The highest BCUT2D eigenvalue weighted by atomic mass is 35.5. The molecule has 0 radical (unpaired) electrons. The maximum atomic E-state index is 6.32. The zero-order chi connectivity index (χ0) is 14.7. The van der Waals surface area contributed by atoms with Gasteiger partial charge in [-0.3, -0.25) is 0 Å². The fourth-order valence-electron chi connectivity index (χ4n) is 3.31. The Morgan fingerprint density at radius 2 is 2.05 bits per heavy atom. The molecule has 112 valence electrons. The van der Waals surface area contributed by atoms with E-state index in [-0.39, 0.29) is 0 Å². The van der Waals surface area contributed by atoms with Crippen LogP contribution < -0.4 is 10.1 Å².